The fourth-order valence-electron chi connectivity index (χ4n) is 1.68. The van der Waals surface area contributed by atoms with Crippen LogP contribution in [0.2, 0.25) is 0 Å². The topological polar surface area (TPSA) is 59.1 Å². The molecule has 0 radical (unpaired) electrons. The summed E-state index contributed by atoms with van der Waals surface area (Å²) in [5.41, 5.74) is -0.492. The number of hydrogen-bond acceptors (Lipinski definition) is 4. The Hall–Kier alpha value is -1.46. The monoisotopic (exact) mass is 272 g/mol. The number of nitrogens with zero attached hydrogens (tertiary/aromatic N) is 2. The summed E-state index contributed by atoms with van der Waals surface area (Å²) in [5, 5.41) is 0. The molecule has 0 aliphatic carbocycles. The van der Waals surface area contributed by atoms with Gasteiger partial charge in [0.25, 0.3) is 0 Å². The lowest BCUT2D eigenvalue weighted by molar-refractivity contribution is 0.0130. The van der Waals surface area contributed by atoms with Crippen molar-refractivity contribution in [3.05, 3.63) is 0 Å². The van der Waals surface area contributed by atoms with Gasteiger partial charge in [0.15, 0.2) is 0 Å². The lowest BCUT2D eigenvalue weighted by Crippen LogP contribution is -2.51. The van der Waals surface area contributed by atoms with Crippen molar-refractivity contribution in [1.82, 2.24) is 9.80 Å². The van der Waals surface area contributed by atoms with Crippen LogP contribution in [0.1, 0.15) is 34.1 Å². The van der Waals surface area contributed by atoms with Crippen molar-refractivity contribution in [3.8, 4) is 0 Å². The summed E-state index contributed by atoms with van der Waals surface area (Å²) in [6.45, 7) is 9.84. The molecule has 0 saturated carbocycles. The standard InChI is InChI=1S/C13H24N2O4/c1-5-10-18-11(16)14-6-8-15(9-7-14)12(17)19-13(2,3)4/h5-10H2,1-4H3. The Morgan fingerprint density at radius 1 is 1.00 bits per heavy atom. The van der Waals surface area contributed by atoms with Crippen molar-refractivity contribution in [2.45, 2.75) is 39.7 Å². The summed E-state index contributed by atoms with van der Waals surface area (Å²) in [7, 11) is 0. The zero-order valence-corrected chi connectivity index (χ0v) is 12.3. The van der Waals surface area contributed by atoms with Crippen LogP contribution in [0.3, 0.4) is 0 Å². The molecule has 19 heavy (non-hydrogen) atoms. The molecule has 6 heteroatoms. The van der Waals surface area contributed by atoms with Gasteiger partial charge in [0.1, 0.15) is 5.60 Å². The van der Waals surface area contributed by atoms with Crippen LogP contribution in [0.25, 0.3) is 0 Å². The van der Waals surface area contributed by atoms with Gasteiger partial charge in [0.05, 0.1) is 6.61 Å². The lowest BCUT2D eigenvalue weighted by atomic mass is 10.2. The number of carbonyl (C=O) groups is 2. The van der Waals surface area contributed by atoms with E-state index in [0.29, 0.717) is 32.8 Å². The van der Waals surface area contributed by atoms with Gasteiger partial charge in [0.2, 0.25) is 0 Å². The van der Waals surface area contributed by atoms with Gasteiger partial charge in [-0.2, -0.15) is 0 Å². The highest BCUT2D eigenvalue weighted by atomic mass is 16.6. The fraction of sp³-hybridized carbons (Fsp3) is 0.846. The molecule has 6 nitrogen and oxygen atoms in total. The highest BCUT2D eigenvalue weighted by Gasteiger charge is 2.28. The Kier molecular flexibility index (Phi) is 5.44. The molecule has 0 aromatic heterocycles. The van der Waals surface area contributed by atoms with E-state index in [1.807, 2.05) is 27.7 Å². The van der Waals surface area contributed by atoms with Gasteiger partial charge in [0, 0.05) is 26.2 Å². The van der Waals surface area contributed by atoms with Crippen LogP contribution >= 0.6 is 0 Å². The SMILES string of the molecule is CCCOC(=O)N1CCN(C(=O)OC(C)(C)C)CC1. The molecule has 1 fully saturated rings. The van der Waals surface area contributed by atoms with Crippen molar-refractivity contribution in [1.29, 1.82) is 0 Å². The van der Waals surface area contributed by atoms with Crippen molar-refractivity contribution < 1.29 is 19.1 Å². The quantitative estimate of drug-likeness (QED) is 0.772. The van der Waals surface area contributed by atoms with Gasteiger partial charge in [-0.05, 0) is 27.2 Å². The summed E-state index contributed by atoms with van der Waals surface area (Å²) in [6, 6.07) is 0. The van der Waals surface area contributed by atoms with Crippen LogP contribution < -0.4 is 0 Å². The summed E-state index contributed by atoms with van der Waals surface area (Å²) >= 11 is 0. The molecule has 1 rings (SSSR count). The first kappa shape index (κ1) is 15.6. The lowest BCUT2D eigenvalue weighted by Gasteiger charge is -2.35. The molecule has 1 heterocycles. The van der Waals surface area contributed by atoms with Crippen LogP contribution in [0, 0.1) is 0 Å². The number of hydrogen-bond donors (Lipinski definition) is 0. The van der Waals surface area contributed by atoms with Gasteiger partial charge in [-0.3, -0.25) is 0 Å². The van der Waals surface area contributed by atoms with Gasteiger partial charge in [-0.1, -0.05) is 6.92 Å². The van der Waals surface area contributed by atoms with E-state index in [1.54, 1.807) is 9.80 Å². The van der Waals surface area contributed by atoms with Crippen LogP contribution in [0.5, 0.6) is 0 Å². The smallest absolute Gasteiger partial charge is 0.410 e. The molecule has 110 valence electrons. The first-order valence-electron chi connectivity index (χ1n) is 6.73. The van der Waals surface area contributed by atoms with Crippen molar-refractivity contribution in [3.63, 3.8) is 0 Å². The molecule has 0 N–H and O–H groups in total. The van der Waals surface area contributed by atoms with E-state index in [0.717, 1.165) is 6.42 Å². The van der Waals surface area contributed by atoms with Crippen molar-refractivity contribution in [2.24, 2.45) is 0 Å². The molecule has 1 aliphatic rings. The molecule has 2 amide bonds. The molecule has 0 spiro atoms. The Bertz CT molecular complexity index is 317. The maximum atomic E-state index is 11.8. The number of rotatable bonds is 2. The minimum atomic E-state index is -0.492. The third kappa shape index (κ3) is 5.36. The second-order valence-corrected chi connectivity index (χ2v) is 5.57. The predicted octanol–water partition coefficient (Wildman–Crippen LogP) is 2.09. The van der Waals surface area contributed by atoms with Crippen molar-refractivity contribution in [2.75, 3.05) is 32.8 Å². The van der Waals surface area contributed by atoms with Gasteiger partial charge >= 0.3 is 12.2 Å². The molecular weight excluding hydrogens is 248 g/mol. The van der Waals surface area contributed by atoms with E-state index >= 15 is 0 Å². The summed E-state index contributed by atoms with van der Waals surface area (Å²) in [5.74, 6) is 0. The summed E-state index contributed by atoms with van der Waals surface area (Å²) < 4.78 is 10.3. The maximum absolute atomic E-state index is 11.8. The van der Waals surface area contributed by atoms with E-state index in [2.05, 4.69) is 0 Å². The molecule has 0 aromatic rings. The predicted molar refractivity (Wildman–Crippen MR) is 71.0 cm³/mol. The molecule has 0 aromatic carbocycles. The van der Waals surface area contributed by atoms with Crippen LogP contribution in [0.4, 0.5) is 9.59 Å². The zero-order valence-electron chi connectivity index (χ0n) is 12.3. The Morgan fingerprint density at radius 2 is 1.47 bits per heavy atom. The zero-order chi connectivity index (χ0) is 14.5. The Morgan fingerprint density at radius 3 is 1.89 bits per heavy atom. The number of ether oxygens (including phenoxy) is 2. The Labute approximate surface area is 114 Å². The highest BCUT2D eigenvalue weighted by molar-refractivity contribution is 5.70. The first-order valence-corrected chi connectivity index (χ1v) is 6.73. The third-order valence-corrected chi connectivity index (χ3v) is 2.62. The largest absolute Gasteiger partial charge is 0.449 e. The van der Waals surface area contributed by atoms with E-state index in [9.17, 15) is 9.59 Å². The minimum Gasteiger partial charge on any atom is -0.449 e. The fourth-order valence-corrected chi connectivity index (χ4v) is 1.68. The second kappa shape index (κ2) is 6.63. The molecule has 0 unspecified atom stereocenters. The van der Waals surface area contributed by atoms with Crippen molar-refractivity contribution >= 4 is 12.2 Å². The third-order valence-electron chi connectivity index (χ3n) is 2.62. The van der Waals surface area contributed by atoms with E-state index in [4.69, 9.17) is 9.47 Å². The first-order chi connectivity index (χ1) is 8.83. The van der Waals surface area contributed by atoms with Gasteiger partial charge in [-0.25, -0.2) is 9.59 Å². The average Bonchev–Trinajstić information content (AvgIpc) is 2.34. The molecule has 0 atom stereocenters. The maximum Gasteiger partial charge on any atom is 0.410 e. The summed E-state index contributed by atoms with van der Waals surface area (Å²) in [4.78, 5) is 26.7. The minimum absolute atomic E-state index is 0.300. The van der Waals surface area contributed by atoms with Crippen LogP contribution in [-0.2, 0) is 9.47 Å². The molecular formula is C13H24N2O4. The van der Waals surface area contributed by atoms with Gasteiger partial charge < -0.3 is 19.3 Å². The Balaban J connectivity index is 2.36. The summed E-state index contributed by atoms with van der Waals surface area (Å²) in [6.07, 6.45) is 0.184. The second-order valence-electron chi connectivity index (χ2n) is 5.57. The normalized spacial score (nSPS) is 16.2. The number of amides is 2. The molecule has 1 saturated heterocycles. The number of carbonyl (C=O) groups excluding carboxylic acids is 2. The average molecular weight is 272 g/mol. The number of piperazine rings is 1. The van der Waals surface area contributed by atoms with Crippen LogP contribution in [0.15, 0.2) is 0 Å². The van der Waals surface area contributed by atoms with Gasteiger partial charge in [-0.15, -0.1) is 0 Å². The molecule has 1 aliphatic heterocycles. The van der Waals surface area contributed by atoms with E-state index in [-0.39, 0.29) is 12.2 Å². The van der Waals surface area contributed by atoms with E-state index < -0.39 is 5.60 Å². The van der Waals surface area contributed by atoms with Crippen LogP contribution in [-0.4, -0.2) is 60.4 Å². The molecule has 0 bridgehead atoms. The highest BCUT2D eigenvalue weighted by Crippen LogP contribution is 2.12. The van der Waals surface area contributed by atoms with E-state index in [1.165, 1.54) is 0 Å².